The Balaban J connectivity index is 3.15. The first-order valence-corrected chi connectivity index (χ1v) is 6.76. The van der Waals surface area contributed by atoms with E-state index in [4.69, 9.17) is 0 Å². The average Bonchev–Trinajstić information content (AvgIpc) is 2.36. The Kier molecular flexibility index (Phi) is 4.71. The van der Waals surface area contributed by atoms with Crippen molar-refractivity contribution in [2.45, 2.75) is 58.3 Å². The molecule has 7 heteroatoms. The summed E-state index contributed by atoms with van der Waals surface area (Å²) >= 11 is 0. The molecule has 1 N–H and O–H groups in total. The van der Waals surface area contributed by atoms with Gasteiger partial charge in [-0.1, -0.05) is 27.2 Å². The molecule has 1 fully saturated rings. The first kappa shape index (κ1) is 16.8. The third kappa shape index (κ3) is 3.07. The van der Waals surface area contributed by atoms with E-state index in [-0.39, 0.29) is 12.3 Å². The van der Waals surface area contributed by atoms with Crippen LogP contribution >= 0.6 is 0 Å². The van der Waals surface area contributed by atoms with Gasteiger partial charge in [-0.05, 0) is 19.3 Å². The fourth-order valence-corrected chi connectivity index (χ4v) is 2.30. The number of amides is 2. The van der Waals surface area contributed by atoms with Crippen molar-refractivity contribution in [2.75, 3.05) is 6.54 Å². The van der Waals surface area contributed by atoms with Crippen LogP contribution < -0.4 is 5.32 Å². The van der Waals surface area contributed by atoms with Gasteiger partial charge in [0.05, 0.1) is 0 Å². The molecule has 20 heavy (non-hydrogen) atoms. The summed E-state index contributed by atoms with van der Waals surface area (Å²) in [7, 11) is 0. The van der Waals surface area contributed by atoms with Gasteiger partial charge >= 0.3 is 6.18 Å². The molecule has 4 nitrogen and oxygen atoms in total. The van der Waals surface area contributed by atoms with Crippen LogP contribution in [0.5, 0.6) is 0 Å². The second-order valence-electron chi connectivity index (χ2n) is 5.50. The Bertz CT molecular complexity index is 398. The number of alkyl halides is 3. The summed E-state index contributed by atoms with van der Waals surface area (Å²) in [5, 5.41) is 2.58. The maximum Gasteiger partial charge on any atom is 0.406 e. The van der Waals surface area contributed by atoms with Gasteiger partial charge in [0.15, 0.2) is 0 Å². The van der Waals surface area contributed by atoms with Crippen LogP contribution in [0.25, 0.3) is 0 Å². The summed E-state index contributed by atoms with van der Waals surface area (Å²) in [5.41, 5.74) is -1.45. The van der Waals surface area contributed by atoms with Crippen LogP contribution in [0.15, 0.2) is 0 Å². The predicted molar refractivity (Wildman–Crippen MR) is 67.8 cm³/mol. The minimum atomic E-state index is -4.52. The highest BCUT2D eigenvalue weighted by molar-refractivity contribution is 5.99. The van der Waals surface area contributed by atoms with Gasteiger partial charge in [0, 0.05) is 0 Å². The number of halogens is 3. The molecule has 1 saturated heterocycles. The van der Waals surface area contributed by atoms with Gasteiger partial charge in [-0.2, -0.15) is 13.2 Å². The standard InChI is InChI=1S/C13H21F3N2O2/c1-5-8(3)9-10(19)18(7-13(14,15)16)12(4,6-2)11(20)17-9/h8-9H,5-7H2,1-4H3,(H,17,20). The molecule has 1 aliphatic rings. The third-order valence-electron chi connectivity index (χ3n) is 4.14. The number of carbonyl (C=O) groups is 2. The van der Waals surface area contributed by atoms with Crippen molar-refractivity contribution < 1.29 is 22.8 Å². The number of hydrogen-bond donors (Lipinski definition) is 1. The minimum absolute atomic E-state index is 0.133. The topological polar surface area (TPSA) is 49.4 Å². The quantitative estimate of drug-likeness (QED) is 0.863. The molecule has 0 aliphatic carbocycles. The van der Waals surface area contributed by atoms with Crippen molar-refractivity contribution in [1.29, 1.82) is 0 Å². The highest BCUT2D eigenvalue weighted by Gasteiger charge is 2.52. The van der Waals surface area contributed by atoms with E-state index < -0.39 is 36.1 Å². The number of nitrogens with one attached hydrogen (secondary N) is 1. The van der Waals surface area contributed by atoms with E-state index in [2.05, 4.69) is 5.32 Å². The first-order valence-electron chi connectivity index (χ1n) is 6.76. The molecule has 116 valence electrons. The average molecular weight is 294 g/mol. The Morgan fingerprint density at radius 1 is 1.35 bits per heavy atom. The van der Waals surface area contributed by atoms with E-state index >= 15 is 0 Å². The predicted octanol–water partition coefficient (Wildman–Crippen LogP) is 2.09. The summed E-state index contributed by atoms with van der Waals surface area (Å²) in [6, 6.07) is -0.880. The lowest BCUT2D eigenvalue weighted by molar-refractivity contribution is -0.183. The van der Waals surface area contributed by atoms with Crippen LogP contribution in [-0.4, -0.2) is 41.0 Å². The SMILES string of the molecule is CCC(C)C1NC(=O)C(C)(CC)N(CC(F)(F)F)C1=O. The van der Waals surface area contributed by atoms with Gasteiger partial charge in [-0.15, -0.1) is 0 Å². The molecule has 2 amide bonds. The van der Waals surface area contributed by atoms with Crippen molar-refractivity contribution in [3.8, 4) is 0 Å². The molecular weight excluding hydrogens is 273 g/mol. The van der Waals surface area contributed by atoms with Gasteiger partial charge in [-0.25, -0.2) is 0 Å². The van der Waals surface area contributed by atoms with E-state index in [0.717, 1.165) is 0 Å². The molecule has 0 bridgehead atoms. The zero-order valence-electron chi connectivity index (χ0n) is 12.2. The maximum atomic E-state index is 12.7. The van der Waals surface area contributed by atoms with Gasteiger partial charge < -0.3 is 10.2 Å². The zero-order chi connectivity index (χ0) is 15.7. The number of carbonyl (C=O) groups excluding carboxylic acids is 2. The zero-order valence-corrected chi connectivity index (χ0v) is 12.2. The molecule has 3 atom stereocenters. The Morgan fingerprint density at radius 3 is 2.30 bits per heavy atom. The van der Waals surface area contributed by atoms with Crippen LogP contribution in [0.2, 0.25) is 0 Å². The fourth-order valence-electron chi connectivity index (χ4n) is 2.30. The molecule has 1 aliphatic heterocycles. The van der Waals surface area contributed by atoms with E-state index in [9.17, 15) is 22.8 Å². The summed E-state index contributed by atoms with van der Waals surface area (Å²) in [6.07, 6.45) is -3.79. The summed E-state index contributed by atoms with van der Waals surface area (Å²) < 4.78 is 38.1. The van der Waals surface area contributed by atoms with Gasteiger partial charge in [0.1, 0.15) is 18.1 Å². The summed E-state index contributed by atoms with van der Waals surface area (Å²) in [4.78, 5) is 25.2. The molecule has 0 spiro atoms. The normalized spacial score (nSPS) is 29.4. The molecule has 0 aromatic carbocycles. The molecule has 1 heterocycles. The van der Waals surface area contributed by atoms with E-state index in [1.807, 2.05) is 6.92 Å². The van der Waals surface area contributed by atoms with Crippen LogP contribution in [0.1, 0.15) is 40.5 Å². The Hall–Kier alpha value is -1.27. The van der Waals surface area contributed by atoms with Crippen LogP contribution in [0, 0.1) is 5.92 Å². The fraction of sp³-hybridized carbons (Fsp3) is 0.846. The smallest absolute Gasteiger partial charge is 0.342 e. The molecule has 0 radical (unpaired) electrons. The maximum absolute atomic E-state index is 12.7. The molecule has 0 aromatic rings. The molecule has 0 aromatic heterocycles. The van der Waals surface area contributed by atoms with Crippen molar-refractivity contribution in [3.05, 3.63) is 0 Å². The van der Waals surface area contributed by atoms with Crippen molar-refractivity contribution in [3.63, 3.8) is 0 Å². The first-order chi connectivity index (χ1) is 9.06. The van der Waals surface area contributed by atoms with E-state index in [1.165, 1.54) is 6.92 Å². The lowest BCUT2D eigenvalue weighted by Gasteiger charge is -2.47. The summed E-state index contributed by atoms with van der Waals surface area (Å²) in [6.45, 7) is 5.14. The monoisotopic (exact) mass is 294 g/mol. The lowest BCUT2D eigenvalue weighted by atomic mass is 9.86. The number of nitrogens with zero attached hydrogens (tertiary/aromatic N) is 1. The highest BCUT2D eigenvalue weighted by Crippen LogP contribution is 2.31. The van der Waals surface area contributed by atoms with Crippen LogP contribution in [-0.2, 0) is 9.59 Å². The van der Waals surface area contributed by atoms with Crippen LogP contribution in [0.4, 0.5) is 13.2 Å². The second-order valence-corrected chi connectivity index (χ2v) is 5.50. The van der Waals surface area contributed by atoms with Gasteiger partial charge in [0.2, 0.25) is 11.8 Å². The van der Waals surface area contributed by atoms with Crippen molar-refractivity contribution in [1.82, 2.24) is 10.2 Å². The Labute approximate surface area is 116 Å². The molecular formula is C13H21F3N2O2. The van der Waals surface area contributed by atoms with E-state index in [1.54, 1.807) is 13.8 Å². The van der Waals surface area contributed by atoms with Crippen molar-refractivity contribution in [2.24, 2.45) is 5.92 Å². The number of rotatable bonds is 4. The number of hydrogen-bond acceptors (Lipinski definition) is 2. The Morgan fingerprint density at radius 2 is 1.90 bits per heavy atom. The molecule has 1 rings (SSSR count). The largest absolute Gasteiger partial charge is 0.406 e. The van der Waals surface area contributed by atoms with Gasteiger partial charge in [0.25, 0.3) is 0 Å². The van der Waals surface area contributed by atoms with E-state index in [0.29, 0.717) is 11.3 Å². The van der Waals surface area contributed by atoms with Crippen LogP contribution in [0.3, 0.4) is 0 Å². The molecule has 3 unspecified atom stereocenters. The minimum Gasteiger partial charge on any atom is -0.342 e. The third-order valence-corrected chi connectivity index (χ3v) is 4.14. The lowest BCUT2D eigenvalue weighted by Crippen LogP contribution is -2.71. The number of piperazine rings is 1. The van der Waals surface area contributed by atoms with Crippen molar-refractivity contribution >= 4 is 11.8 Å². The van der Waals surface area contributed by atoms with Gasteiger partial charge in [-0.3, -0.25) is 9.59 Å². The summed E-state index contributed by atoms with van der Waals surface area (Å²) in [5.74, 6) is -1.38. The second kappa shape index (κ2) is 5.61. The molecule has 0 saturated carbocycles. The highest BCUT2D eigenvalue weighted by atomic mass is 19.4.